The number of piperidine rings is 1. The Labute approximate surface area is 176 Å². The van der Waals surface area contributed by atoms with Crippen LogP contribution in [0, 0.1) is 5.92 Å². The molecule has 0 spiro atoms. The number of likely N-dealkylation sites (tertiary alicyclic amines) is 1. The molecule has 2 aliphatic rings. The van der Waals surface area contributed by atoms with Gasteiger partial charge in [-0.3, -0.25) is 14.4 Å². The van der Waals surface area contributed by atoms with Crippen LogP contribution in [-0.4, -0.2) is 41.8 Å². The monoisotopic (exact) mass is 405 g/mol. The summed E-state index contributed by atoms with van der Waals surface area (Å²) in [6, 6.07) is 16.9. The van der Waals surface area contributed by atoms with E-state index >= 15 is 0 Å². The van der Waals surface area contributed by atoms with Crippen LogP contribution in [0.3, 0.4) is 0 Å². The molecule has 4 rings (SSSR count). The van der Waals surface area contributed by atoms with Gasteiger partial charge in [0.1, 0.15) is 0 Å². The summed E-state index contributed by atoms with van der Waals surface area (Å²) in [4.78, 5) is 39.2. The van der Waals surface area contributed by atoms with Crippen LogP contribution in [0.5, 0.6) is 0 Å². The van der Waals surface area contributed by atoms with E-state index in [-0.39, 0.29) is 23.6 Å². The average molecular weight is 405 g/mol. The number of amides is 3. The lowest BCUT2D eigenvalue weighted by Gasteiger charge is -2.32. The van der Waals surface area contributed by atoms with Crippen molar-refractivity contribution in [2.75, 3.05) is 18.4 Å². The van der Waals surface area contributed by atoms with Crippen molar-refractivity contribution >= 4 is 23.4 Å². The zero-order valence-corrected chi connectivity index (χ0v) is 17.0. The number of benzene rings is 2. The fourth-order valence-electron chi connectivity index (χ4n) is 3.75. The minimum Gasteiger partial charge on any atom is -0.349 e. The molecule has 6 nitrogen and oxygen atoms in total. The predicted octanol–water partition coefficient (Wildman–Crippen LogP) is 3.00. The molecule has 6 heteroatoms. The summed E-state index contributed by atoms with van der Waals surface area (Å²) in [6.45, 7) is 1.14. The predicted molar refractivity (Wildman–Crippen MR) is 115 cm³/mol. The Bertz CT molecular complexity index is 907. The lowest BCUT2D eigenvalue weighted by molar-refractivity contribution is -0.133. The van der Waals surface area contributed by atoms with Gasteiger partial charge in [-0.2, -0.15) is 0 Å². The van der Waals surface area contributed by atoms with Gasteiger partial charge in [0.15, 0.2) is 0 Å². The first-order valence-corrected chi connectivity index (χ1v) is 10.6. The van der Waals surface area contributed by atoms with Crippen LogP contribution in [0.25, 0.3) is 0 Å². The number of carbonyl (C=O) groups is 3. The molecule has 2 fully saturated rings. The standard InChI is InChI=1S/C24H27N3O3/c28-22(15-17-5-2-1-3-6-17)27-14-4-7-19(16-27)24(30)26-20-10-8-18(9-11-20)23(29)25-21-12-13-21/h1-3,5-6,8-11,19,21H,4,7,12-16H2,(H,25,29)(H,26,30). The summed E-state index contributed by atoms with van der Waals surface area (Å²) >= 11 is 0. The quantitative estimate of drug-likeness (QED) is 0.776. The Kier molecular flexibility index (Phi) is 6.12. The van der Waals surface area contributed by atoms with Gasteiger partial charge in [-0.05, 0) is 55.5 Å². The van der Waals surface area contributed by atoms with Crippen LogP contribution >= 0.6 is 0 Å². The van der Waals surface area contributed by atoms with E-state index in [1.807, 2.05) is 30.3 Å². The molecule has 30 heavy (non-hydrogen) atoms. The maximum Gasteiger partial charge on any atom is 0.251 e. The molecule has 2 aromatic carbocycles. The van der Waals surface area contributed by atoms with Crippen molar-refractivity contribution in [2.24, 2.45) is 5.92 Å². The van der Waals surface area contributed by atoms with E-state index in [1.54, 1.807) is 29.2 Å². The highest BCUT2D eigenvalue weighted by Crippen LogP contribution is 2.21. The Morgan fingerprint density at radius 3 is 2.37 bits per heavy atom. The molecule has 0 aromatic heterocycles. The topological polar surface area (TPSA) is 78.5 Å². The second kappa shape index (κ2) is 9.11. The number of nitrogens with one attached hydrogen (secondary N) is 2. The molecule has 2 N–H and O–H groups in total. The first-order valence-electron chi connectivity index (χ1n) is 10.6. The van der Waals surface area contributed by atoms with Gasteiger partial charge in [0.2, 0.25) is 11.8 Å². The smallest absolute Gasteiger partial charge is 0.251 e. The van der Waals surface area contributed by atoms with E-state index in [0.717, 1.165) is 31.2 Å². The summed E-state index contributed by atoms with van der Waals surface area (Å²) in [6.07, 6.45) is 4.04. The summed E-state index contributed by atoms with van der Waals surface area (Å²) in [5.74, 6) is -0.321. The fourth-order valence-corrected chi connectivity index (χ4v) is 3.75. The number of anilines is 1. The second-order valence-electron chi connectivity index (χ2n) is 8.16. The normalized spacial score (nSPS) is 18.5. The van der Waals surface area contributed by atoms with Gasteiger partial charge in [0.25, 0.3) is 5.91 Å². The van der Waals surface area contributed by atoms with E-state index in [4.69, 9.17) is 0 Å². The van der Waals surface area contributed by atoms with E-state index in [9.17, 15) is 14.4 Å². The third-order valence-electron chi connectivity index (χ3n) is 5.67. The van der Waals surface area contributed by atoms with Crippen LogP contribution in [0.2, 0.25) is 0 Å². The zero-order valence-electron chi connectivity index (χ0n) is 17.0. The number of rotatable bonds is 6. The molecule has 2 aromatic rings. The highest BCUT2D eigenvalue weighted by Gasteiger charge is 2.28. The summed E-state index contributed by atoms with van der Waals surface area (Å²) in [5.41, 5.74) is 2.24. The summed E-state index contributed by atoms with van der Waals surface area (Å²) < 4.78 is 0. The van der Waals surface area contributed by atoms with Crippen LogP contribution in [0.15, 0.2) is 54.6 Å². The van der Waals surface area contributed by atoms with Gasteiger partial charge in [0, 0.05) is 30.4 Å². The third-order valence-corrected chi connectivity index (χ3v) is 5.67. The highest BCUT2D eigenvalue weighted by atomic mass is 16.2. The van der Waals surface area contributed by atoms with Crippen molar-refractivity contribution in [3.63, 3.8) is 0 Å². The maximum absolute atomic E-state index is 12.7. The Morgan fingerprint density at radius 2 is 1.67 bits per heavy atom. The van der Waals surface area contributed by atoms with Crippen molar-refractivity contribution in [3.8, 4) is 0 Å². The van der Waals surface area contributed by atoms with Gasteiger partial charge in [-0.1, -0.05) is 30.3 Å². The van der Waals surface area contributed by atoms with E-state index in [1.165, 1.54) is 0 Å². The van der Waals surface area contributed by atoms with Crippen molar-refractivity contribution in [3.05, 3.63) is 65.7 Å². The van der Waals surface area contributed by atoms with Crippen molar-refractivity contribution in [1.29, 1.82) is 0 Å². The van der Waals surface area contributed by atoms with E-state index in [0.29, 0.717) is 36.8 Å². The SMILES string of the molecule is O=C(NC1CC1)c1ccc(NC(=O)C2CCCN(C(=O)Cc3ccccc3)C2)cc1. The van der Waals surface area contributed by atoms with Crippen molar-refractivity contribution < 1.29 is 14.4 Å². The molecule has 1 heterocycles. The molecular weight excluding hydrogens is 378 g/mol. The van der Waals surface area contributed by atoms with Crippen molar-refractivity contribution in [2.45, 2.75) is 38.1 Å². The number of nitrogens with zero attached hydrogens (tertiary/aromatic N) is 1. The number of hydrogen-bond donors (Lipinski definition) is 2. The van der Waals surface area contributed by atoms with Crippen LogP contribution in [0.1, 0.15) is 41.6 Å². The molecule has 1 saturated carbocycles. The summed E-state index contributed by atoms with van der Waals surface area (Å²) in [5, 5.41) is 5.88. The van der Waals surface area contributed by atoms with Gasteiger partial charge in [-0.15, -0.1) is 0 Å². The van der Waals surface area contributed by atoms with Gasteiger partial charge >= 0.3 is 0 Å². The third kappa shape index (κ3) is 5.26. The minimum atomic E-state index is -0.226. The first kappa shape index (κ1) is 20.1. The Hall–Kier alpha value is -3.15. The zero-order chi connectivity index (χ0) is 20.9. The minimum absolute atomic E-state index is 0.0599. The molecule has 1 saturated heterocycles. The molecule has 1 aliphatic heterocycles. The van der Waals surface area contributed by atoms with Crippen LogP contribution in [0.4, 0.5) is 5.69 Å². The van der Waals surface area contributed by atoms with Crippen molar-refractivity contribution in [1.82, 2.24) is 10.2 Å². The molecule has 1 atom stereocenters. The molecule has 156 valence electrons. The lowest BCUT2D eigenvalue weighted by Crippen LogP contribution is -2.44. The number of carbonyl (C=O) groups excluding carboxylic acids is 3. The van der Waals surface area contributed by atoms with Gasteiger partial charge in [0.05, 0.1) is 12.3 Å². The molecule has 0 radical (unpaired) electrons. The maximum atomic E-state index is 12.7. The van der Waals surface area contributed by atoms with Gasteiger partial charge in [-0.25, -0.2) is 0 Å². The fraction of sp³-hybridized carbons (Fsp3) is 0.375. The largest absolute Gasteiger partial charge is 0.349 e. The lowest BCUT2D eigenvalue weighted by atomic mass is 9.96. The molecule has 1 aliphatic carbocycles. The molecule has 3 amide bonds. The molecular formula is C24H27N3O3. The Balaban J connectivity index is 1.30. The molecule has 0 bridgehead atoms. The Morgan fingerprint density at radius 1 is 0.933 bits per heavy atom. The molecule has 1 unspecified atom stereocenters. The number of hydrogen-bond acceptors (Lipinski definition) is 3. The van der Waals surface area contributed by atoms with Gasteiger partial charge < -0.3 is 15.5 Å². The van der Waals surface area contributed by atoms with Crippen LogP contribution in [-0.2, 0) is 16.0 Å². The van der Waals surface area contributed by atoms with Crippen LogP contribution < -0.4 is 10.6 Å². The average Bonchev–Trinajstić information content (AvgIpc) is 3.59. The van der Waals surface area contributed by atoms with E-state index < -0.39 is 0 Å². The first-order chi connectivity index (χ1) is 14.6. The van der Waals surface area contributed by atoms with E-state index in [2.05, 4.69) is 10.6 Å². The second-order valence-corrected chi connectivity index (χ2v) is 8.16. The highest BCUT2D eigenvalue weighted by molar-refractivity contribution is 5.96. The summed E-state index contributed by atoms with van der Waals surface area (Å²) in [7, 11) is 0.